The lowest BCUT2D eigenvalue weighted by Gasteiger charge is -2.06. The summed E-state index contributed by atoms with van der Waals surface area (Å²) in [6, 6.07) is 10.0. The van der Waals surface area contributed by atoms with E-state index in [0.717, 1.165) is 6.42 Å². The third-order valence-corrected chi connectivity index (χ3v) is 3.27. The van der Waals surface area contributed by atoms with Crippen LogP contribution in [0, 0.1) is 18.3 Å². The predicted molar refractivity (Wildman–Crippen MR) is 84.9 cm³/mol. The number of nitrogens with one attached hydrogen (secondary N) is 2. The summed E-state index contributed by atoms with van der Waals surface area (Å²) in [7, 11) is 0. The van der Waals surface area contributed by atoms with Crippen molar-refractivity contribution in [1.82, 2.24) is 10.6 Å². The van der Waals surface area contributed by atoms with Gasteiger partial charge in [-0.3, -0.25) is 4.79 Å². The van der Waals surface area contributed by atoms with Crippen molar-refractivity contribution in [3.05, 3.63) is 47.2 Å². The van der Waals surface area contributed by atoms with E-state index >= 15 is 0 Å². The molecule has 1 aromatic rings. The van der Waals surface area contributed by atoms with Gasteiger partial charge in [-0.2, -0.15) is 5.26 Å². The van der Waals surface area contributed by atoms with Crippen LogP contribution in [-0.4, -0.2) is 24.9 Å². The Hall–Kier alpha value is -1.99. The van der Waals surface area contributed by atoms with E-state index in [1.807, 2.05) is 18.2 Å². The number of hydrogen-bond donors (Lipinski definition) is 2. The van der Waals surface area contributed by atoms with Gasteiger partial charge in [0.25, 0.3) is 5.91 Å². The van der Waals surface area contributed by atoms with Gasteiger partial charge in [0.05, 0.1) is 0 Å². The van der Waals surface area contributed by atoms with Crippen molar-refractivity contribution in [2.75, 3.05) is 19.0 Å². The van der Waals surface area contributed by atoms with Gasteiger partial charge in [0.15, 0.2) is 0 Å². The first-order valence-corrected chi connectivity index (χ1v) is 7.44. The minimum absolute atomic E-state index is 0.0781. The van der Waals surface area contributed by atoms with Gasteiger partial charge in [-0.05, 0) is 30.9 Å². The first-order chi connectivity index (χ1) is 10.2. The molecule has 0 saturated carbocycles. The molecule has 0 aliphatic rings. The molecule has 0 saturated heterocycles. The van der Waals surface area contributed by atoms with Gasteiger partial charge >= 0.3 is 0 Å². The van der Waals surface area contributed by atoms with Crippen LogP contribution in [0.5, 0.6) is 0 Å². The van der Waals surface area contributed by atoms with Crippen LogP contribution < -0.4 is 10.6 Å². The van der Waals surface area contributed by atoms with Gasteiger partial charge in [0.1, 0.15) is 11.6 Å². The van der Waals surface area contributed by atoms with Crippen molar-refractivity contribution in [2.45, 2.75) is 19.8 Å². The molecule has 0 unspecified atom stereocenters. The standard InChI is InChI=1S/C16H20ClN3O/c1-13-5-2-3-6-14(13)7-10-19-12-15(11-18)16(21)20-9-4-8-17/h2-3,5-6,12,19H,4,7-10H2,1H3,(H,20,21)/b15-12-. The van der Waals surface area contributed by atoms with Crippen LogP contribution in [0.1, 0.15) is 17.5 Å². The number of amides is 1. The van der Waals surface area contributed by atoms with E-state index in [1.54, 1.807) is 0 Å². The lowest BCUT2D eigenvalue weighted by atomic mass is 10.1. The topological polar surface area (TPSA) is 64.9 Å². The van der Waals surface area contributed by atoms with Crippen LogP contribution >= 0.6 is 11.6 Å². The minimum atomic E-state index is -0.369. The van der Waals surface area contributed by atoms with Crippen molar-refractivity contribution in [1.29, 1.82) is 5.26 Å². The molecule has 4 nitrogen and oxygen atoms in total. The molecular weight excluding hydrogens is 286 g/mol. The Bertz CT molecular complexity index is 535. The number of carbonyl (C=O) groups is 1. The summed E-state index contributed by atoms with van der Waals surface area (Å²) in [6.45, 7) is 3.21. The maximum Gasteiger partial charge on any atom is 0.263 e. The van der Waals surface area contributed by atoms with Gasteiger partial charge in [0.2, 0.25) is 0 Å². The van der Waals surface area contributed by atoms with E-state index in [9.17, 15) is 4.79 Å². The molecule has 0 fully saturated rings. The number of nitriles is 1. The number of halogens is 1. The average Bonchev–Trinajstić information content (AvgIpc) is 2.49. The molecule has 5 heteroatoms. The maximum atomic E-state index is 11.7. The normalized spacial score (nSPS) is 10.8. The molecule has 1 aromatic carbocycles. The molecule has 0 bridgehead atoms. The van der Waals surface area contributed by atoms with Gasteiger partial charge in [-0.1, -0.05) is 24.3 Å². The summed E-state index contributed by atoms with van der Waals surface area (Å²) >= 11 is 5.53. The number of hydrogen-bond acceptors (Lipinski definition) is 3. The van der Waals surface area contributed by atoms with Crippen molar-refractivity contribution in [3.8, 4) is 6.07 Å². The third kappa shape index (κ3) is 6.33. The van der Waals surface area contributed by atoms with Crippen LogP contribution in [0.15, 0.2) is 36.0 Å². The Morgan fingerprint density at radius 3 is 2.81 bits per heavy atom. The van der Waals surface area contributed by atoms with Crippen LogP contribution in [-0.2, 0) is 11.2 Å². The Labute approximate surface area is 130 Å². The molecular formula is C16H20ClN3O. The highest BCUT2D eigenvalue weighted by molar-refractivity contribution is 6.17. The number of benzene rings is 1. The summed E-state index contributed by atoms with van der Waals surface area (Å²) in [5, 5.41) is 14.6. The monoisotopic (exact) mass is 305 g/mol. The highest BCUT2D eigenvalue weighted by Crippen LogP contribution is 2.06. The molecule has 0 aliphatic heterocycles. The molecule has 0 heterocycles. The van der Waals surface area contributed by atoms with Crippen LogP contribution in [0.3, 0.4) is 0 Å². The summed E-state index contributed by atoms with van der Waals surface area (Å²) in [5.41, 5.74) is 2.57. The molecule has 0 aliphatic carbocycles. The first kappa shape index (κ1) is 17.1. The van der Waals surface area contributed by atoms with Crippen molar-refractivity contribution in [3.63, 3.8) is 0 Å². The number of aryl methyl sites for hydroxylation is 1. The SMILES string of the molecule is Cc1ccccc1CCN/C=C(/C#N)C(=O)NCCCCl. The molecule has 0 radical (unpaired) electrons. The van der Waals surface area contributed by atoms with Gasteiger partial charge < -0.3 is 10.6 Å². The van der Waals surface area contributed by atoms with Crippen LogP contribution in [0.25, 0.3) is 0 Å². The van der Waals surface area contributed by atoms with Gasteiger partial charge in [-0.15, -0.1) is 11.6 Å². The Kier molecular flexibility index (Phi) is 8.00. The molecule has 112 valence electrons. The molecule has 21 heavy (non-hydrogen) atoms. The van der Waals surface area contributed by atoms with Crippen molar-refractivity contribution < 1.29 is 4.79 Å². The summed E-state index contributed by atoms with van der Waals surface area (Å²) < 4.78 is 0. The zero-order valence-electron chi connectivity index (χ0n) is 12.2. The predicted octanol–water partition coefficient (Wildman–Crippen LogP) is 2.28. The highest BCUT2D eigenvalue weighted by atomic mass is 35.5. The van der Waals surface area contributed by atoms with E-state index in [-0.39, 0.29) is 11.5 Å². The minimum Gasteiger partial charge on any atom is -0.389 e. The maximum absolute atomic E-state index is 11.7. The van der Waals surface area contributed by atoms with E-state index in [4.69, 9.17) is 16.9 Å². The van der Waals surface area contributed by atoms with Crippen molar-refractivity contribution >= 4 is 17.5 Å². The molecule has 0 atom stereocenters. The smallest absolute Gasteiger partial charge is 0.263 e. The quantitative estimate of drug-likeness (QED) is 0.335. The molecule has 1 amide bonds. The lowest BCUT2D eigenvalue weighted by Crippen LogP contribution is -2.27. The second-order valence-corrected chi connectivity index (χ2v) is 4.98. The number of alkyl halides is 1. The highest BCUT2D eigenvalue weighted by Gasteiger charge is 2.07. The van der Waals surface area contributed by atoms with Gasteiger partial charge in [-0.25, -0.2) is 0 Å². The second-order valence-electron chi connectivity index (χ2n) is 4.60. The third-order valence-electron chi connectivity index (χ3n) is 3.01. The van der Waals surface area contributed by atoms with Crippen LogP contribution in [0.4, 0.5) is 0 Å². The zero-order valence-corrected chi connectivity index (χ0v) is 12.9. The summed E-state index contributed by atoms with van der Waals surface area (Å²) in [4.78, 5) is 11.7. The average molecular weight is 306 g/mol. The summed E-state index contributed by atoms with van der Waals surface area (Å²) in [6.07, 6.45) is 3.00. The number of rotatable bonds is 8. The zero-order chi connectivity index (χ0) is 15.5. The van der Waals surface area contributed by atoms with Crippen LogP contribution in [0.2, 0.25) is 0 Å². The summed E-state index contributed by atoms with van der Waals surface area (Å²) in [5.74, 6) is 0.117. The largest absolute Gasteiger partial charge is 0.389 e. The van der Waals surface area contributed by atoms with E-state index in [1.165, 1.54) is 17.3 Å². The Morgan fingerprint density at radius 1 is 1.38 bits per heavy atom. The fraction of sp³-hybridized carbons (Fsp3) is 0.375. The van der Waals surface area contributed by atoms with E-state index < -0.39 is 0 Å². The first-order valence-electron chi connectivity index (χ1n) is 6.91. The van der Waals surface area contributed by atoms with Crippen molar-refractivity contribution in [2.24, 2.45) is 0 Å². The Morgan fingerprint density at radius 2 is 2.14 bits per heavy atom. The lowest BCUT2D eigenvalue weighted by molar-refractivity contribution is -0.117. The molecule has 0 aromatic heterocycles. The Balaban J connectivity index is 2.41. The molecule has 2 N–H and O–H groups in total. The van der Waals surface area contributed by atoms with E-state index in [0.29, 0.717) is 25.4 Å². The second kappa shape index (κ2) is 9.84. The molecule has 1 rings (SSSR count). The van der Waals surface area contributed by atoms with E-state index in [2.05, 4.69) is 29.7 Å². The number of carbonyl (C=O) groups excluding carboxylic acids is 1. The number of nitrogens with zero attached hydrogens (tertiary/aromatic N) is 1. The molecule has 0 spiro atoms. The fourth-order valence-electron chi connectivity index (χ4n) is 1.78. The fourth-order valence-corrected chi connectivity index (χ4v) is 1.92. The van der Waals surface area contributed by atoms with Gasteiger partial charge in [0, 0.05) is 25.2 Å².